The standard InChI is InChI=1S/C25H30N4O4/c1-16-7-5-8-18(13-16)29-12-11-28(14-17(29)2)15-21(30)27-23-22-19(9-6-10-20(22)32-3)26-24(23)25(31)33-4/h5-10,13,17,26H,11-12,14-15H2,1-4H3,(H,27,30). The van der Waals surface area contributed by atoms with Gasteiger partial charge >= 0.3 is 5.97 Å². The fourth-order valence-corrected chi connectivity index (χ4v) is 4.51. The van der Waals surface area contributed by atoms with Gasteiger partial charge in [0.1, 0.15) is 11.4 Å². The number of benzene rings is 2. The zero-order valence-electron chi connectivity index (χ0n) is 19.5. The highest BCUT2D eigenvalue weighted by molar-refractivity contribution is 6.13. The van der Waals surface area contributed by atoms with Crippen LogP contribution < -0.4 is 15.0 Å². The van der Waals surface area contributed by atoms with Gasteiger partial charge in [0.05, 0.1) is 37.4 Å². The molecule has 0 bridgehead atoms. The molecule has 2 heterocycles. The molecule has 8 nitrogen and oxygen atoms in total. The number of aryl methyl sites for hydroxylation is 1. The number of hydrogen-bond acceptors (Lipinski definition) is 6. The summed E-state index contributed by atoms with van der Waals surface area (Å²) in [6.07, 6.45) is 0. The Kier molecular flexibility index (Phi) is 6.55. The number of anilines is 2. The smallest absolute Gasteiger partial charge is 0.356 e. The van der Waals surface area contributed by atoms with Crippen molar-refractivity contribution in [2.24, 2.45) is 0 Å². The van der Waals surface area contributed by atoms with Gasteiger partial charge in [-0.1, -0.05) is 18.2 Å². The zero-order chi connectivity index (χ0) is 23.5. The van der Waals surface area contributed by atoms with Crippen molar-refractivity contribution >= 4 is 34.2 Å². The molecule has 4 rings (SSSR count). The Morgan fingerprint density at radius 1 is 1.15 bits per heavy atom. The highest BCUT2D eigenvalue weighted by Crippen LogP contribution is 2.35. The SMILES string of the molecule is COC(=O)c1[nH]c2cccc(OC)c2c1NC(=O)CN1CCN(c2cccc(C)c2)C(C)C1. The third-order valence-electron chi connectivity index (χ3n) is 6.07. The van der Waals surface area contributed by atoms with Gasteiger partial charge in [-0.2, -0.15) is 0 Å². The van der Waals surface area contributed by atoms with Gasteiger partial charge in [-0.15, -0.1) is 0 Å². The highest BCUT2D eigenvalue weighted by atomic mass is 16.5. The number of rotatable bonds is 6. The van der Waals surface area contributed by atoms with Crippen LogP contribution in [-0.2, 0) is 9.53 Å². The highest BCUT2D eigenvalue weighted by Gasteiger charge is 2.27. The third-order valence-corrected chi connectivity index (χ3v) is 6.07. The second kappa shape index (κ2) is 9.54. The molecule has 174 valence electrons. The number of aromatic amines is 1. The Morgan fingerprint density at radius 2 is 1.94 bits per heavy atom. The van der Waals surface area contributed by atoms with E-state index in [1.807, 2.05) is 12.1 Å². The van der Waals surface area contributed by atoms with Crippen molar-refractivity contribution in [3.63, 3.8) is 0 Å². The zero-order valence-corrected chi connectivity index (χ0v) is 19.5. The largest absolute Gasteiger partial charge is 0.496 e. The molecule has 1 aromatic heterocycles. The minimum atomic E-state index is -0.552. The monoisotopic (exact) mass is 450 g/mol. The molecule has 8 heteroatoms. The quantitative estimate of drug-likeness (QED) is 0.560. The summed E-state index contributed by atoms with van der Waals surface area (Å²) in [5.74, 6) is -0.179. The minimum absolute atomic E-state index is 0.192. The molecule has 1 fully saturated rings. The number of ether oxygens (including phenoxy) is 2. The molecular formula is C25H30N4O4. The number of esters is 1. The van der Waals surface area contributed by atoms with Crippen molar-refractivity contribution in [1.29, 1.82) is 0 Å². The Labute approximate surface area is 193 Å². The van der Waals surface area contributed by atoms with Crippen LogP contribution >= 0.6 is 0 Å². The molecule has 3 aromatic rings. The number of hydrogen-bond donors (Lipinski definition) is 2. The third kappa shape index (κ3) is 4.66. The molecule has 1 amide bonds. The van der Waals surface area contributed by atoms with Crippen LogP contribution in [0.1, 0.15) is 23.0 Å². The number of carbonyl (C=O) groups is 2. The molecule has 33 heavy (non-hydrogen) atoms. The van der Waals surface area contributed by atoms with E-state index in [4.69, 9.17) is 9.47 Å². The minimum Gasteiger partial charge on any atom is -0.496 e. The molecule has 2 N–H and O–H groups in total. The molecule has 1 saturated heterocycles. The molecule has 1 unspecified atom stereocenters. The van der Waals surface area contributed by atoms with Crippen molar-refractivity contribution in [1.82, 2.24) is 9.88 Å². The van der Waals surface area contributed by atoms with Gasteiger partial charge in [0, 0.05) is 31.4 Å². The summed E-state index contributed by atoms with van der Waals surface area (Å²) in [7, 11) is 2.87. The van der Waals surface area contributed by atoms with Crippen LogP contribution in [0.25, 0.3) is 10.9 Å². The topological polar surface area (TPSA) is 86.9 Å². The van der Waals surface area contributed by atoms with Crippen LogP contribution in [0, 0.1) is 6.92 Å². The molecule has 0 spiro atoms. The molecule has 0 aliphatic carbocycles. The van der Waals surface area contributed by atoms with Gasteiger partial charge in [-0.25, -0.2) is 4.79 Å². The summed E-state index contributed by atoms with van der Waals surface area (Å²) < 4.78 is 10.4. The van der Waals surface area contributed by atoms with Crippen molar-refractivity contribution < 1.29 is 19.1 Å². The Balaban J connectivity index is 1.49. The maximum Gasteiger partial charge on any atom is 0.356 e. The summed E-state index contributed by atoms with van der Waals surface area (Å²) in [6.45, 7) is 6.87. The summed E-state index contributed by atoms with van der Waals surface area (Å²) in [4.78, 5) is 32.9. The molecule has 0 saturated carbocycles. The first-order chi connectivity index (χ1) is 15.9. The number of H-pyrrole nitrogens is 1. The summed E-state index contributed by atoms with van der Waals surface area (Å²) in [5.41, 5.74) is 3.71. The molecular weight excluding hydrogens is 420 g/mol. The first-order valence-corrected chi connectivity index (χ1v) is 11.0. The fourth-order valence-electron chi connectivity index (χ4n) is 4.51. The van der Waals surface area contributed by atoms with Gasteiger partial charge < -0.3 is 24.7 Å². The number of fused-ring (bicyclic) bond motifs is 1. The van der Waals surface area contributed by atoms with E-state index in [9.17, 15) is 9.59 Å². The maximum absolute atomic E-state index is 13.0. The van der Waals surface area contributed by atoms with E-state index >= 15 is 0 Å². The van der Waals surface area contributed by atoms with Crippen LogP contribution in [0.2, 0.25) is 0 Å². The summed E-state index contributed by atoms with van der Waals surface area (Å²) >= 11 is 0. The van der Waals surface area contributed by atoms with E-state index in [-0.39, 0.29) is 24.2 Å². The molecule has 1 aliphatic rings. The number of amides is 1. The lowest BCUT2D eigenvalue weighted by atomic mass is 10.1. The lowest BCUT2D eigenvalue weighted by Crippen LogP contribution is -2.53. The predicted molar refractivity (Wildman–Crippen MR) is 129 cm³/mol. The number of aromatic nitrogens is 1. The Morgan fingerprint density at radius 3 is 2.64 bits per heavy atom. The van der Waals surface area contributed by atoms with Crippen molar-refractivity contribution in [3.05, 3.63) is 53.7 Å². The van der Waals surface area contributed by atoms with Crippen LogP contribution in [-0.4, -0.2) is 68.2 Å². The van der Waals surface area contributed by atoms with Gasteiger partial charge in [-0.05, 0) is 43.7 Å². The maximum atomic E-state index is 13.0. The first kappa shape index (κ1) is 22.7. The number of piperazine rings is 1. The number of nitrogens with zero attached hydrogens (tertiary/aromatic N) is 2. The van der Waals surface area contributed by atoms with Gasteiger partial charge in [0.2, 0.25) is 5.91 Å². The van der Waals surface area contributed by atoms with E-state index in [1.54, 1.807) is 13.2 Å². The fraction of sp³-hybridized carbons (Fsp3) is 0.360. The number of nitrogens with one attached hydrogen (secondary N) is 2. The number of carbonyl (C=O) groups excluding carboxylic acids is 2. The first-order valence-electron chi connectivity index (χ1n) is 11.0. The number of methoxy groups -OCH3 is 2. The molecule has 1 atom stereocenters. The van der Waals surface area contributed by atoms with Crippen molar-refractivity contribution in [2.45, 2.75) is 19.9 Å². The Hall–Kier alpha value is -3.52. The van der Waals surface area contributed by atoms with Crippen molar-refractivity contribution in [3.8, 4) is 5.75 Å². The van der Waals surface area contributed by atoms with Gasteiger partial charge in [0.25, 0.3) is 0 Å². The lowest BCUT2D eigenvalue weighted by molar-refractivity contribution is -0.117. The lowest BCUT2D eigenvalue weighted by Gasteiger charge is -2.41. The molecule has 1 aliphatic heterocycles. The van der Waals surface area contributed by atoms with E-state index < -0.39 is 5.97 Å². The molecule has 0 radical (unpaired) electrons. The second-order valence-electron chi connectivity index (χ2n) is 8.41. The predicted octanol–water partition coefficient (Wildman–Crippen LogP) is 3.42. The van der Waals surface area contributed by atoms with Crippen LogP contribution in [0.4, 0.5) is 11.4 Å². The van der Waals surface area contributed by atoms with E-state index in [2.05, 4.69) is 58.2 Å². The van der Waals surface area contributed by atoms with Crippen LogP contribution in [0.3, 0.4) is 0 Å². The average molecular weight is 451 g/mol. The normalized spacial score (nSPS) is 16.6. The van der Waals surface area contributed by atoms with E-state index in [0.717, 1.165) is 19.6 Å². The van der Waals surface area contributed by atoms with E-state index in [1.165, 1.54) is 18.4 Å². The van der Waals surface area contributed by atoms with Crippen LogP contribution in [0.15, 0.2) is 42.5 Å². The summed E-state index contributed by atoms with van der Waals surface area (Å²) in [6, 6.07) is 14.2. The van der Waals surface area contributed by atoms with Gasteiger partial charge in [-0.3, -0.25) is 9.69 Å². The van der Waals surface area contributed by atoms with Gasteiger partial charge in [0.15, 0.2) is 0 Å². The Bertz CT molecular complexity index is 1170. The van der Waals surface area contributed by atoms with Crippen LogP contribution in [0.5, 0.6) is 5.75 Å². The second-order valence-corrected chi connectivity index (χ2v) is 8.41. The van der Waals surface area contributed by atoms with Crippen molar-refractivity contribution in [2.75, 3.05) is 50.6 Å². The average Bonchev–Trinajstić information content (AvgIpc) is 3.17. The molecule has 2 aromatic carbocycles. The van der Waals surface area contributed by atoms with E-state index in [0.29, 0.717) is 22.3 Å². The summed E-state index contributed by atoms with van der Waals surface area (Å²) in [5, 5.41) is 3.57.